The van der Waals surface area contributed by atoms with Gasteiger partial charge in [0.15, 0.2) is 0 Å². The first kappa shape index (κ1) is 20.5. The summed E-state index contributed by atoms with van der Waals surface area (Å²) in [5, 5.41) is 14.2. The molecule has 6 heteroatoms. The van der Waals surface area contributed by atoms with Crippen molar-refractivity contribution >= 4 is 40.2 Å². The predicted octanol–water partition coefficient (Wildman–Crippen LogP) is 4.50. The second-order valence-electron chi connectivity index (χ2n) is 7.60. The molecule has 154 valence electrons. The number of hydrogen-bond donors (Lipinski definition) is 2. The molecule has 1 saturated heterocycles. The Balaban J connectivity index is 1.38. The van der Waals surface area contributed by atoms with Crippen molar-refractivity contribution in [1.29, 1.82) is 0 Å². The van der Waals surface area contributed by atoms with Gasteiger partial charge in [-0.15, -0.1) is 0 Å². The Kier molecular flexibility index (Phi) is 6.43. The van der Waals surface area contributed by atoms with Gasteiger partial charge in [-0.05, 0) is 54.8 Å². The summed E-state index contributed by atoms with van der Waals surface area (Å²) < 4.78 is 0. The largest absolute Gasteiger partial charge is 0.393 e. The average Bonchev–Trinajstić information content (AvgIpc) is 2.74. The fraction of sp³-hybridized carbons (Fsp3) is 0.250. The van der Waals surface area contributed by atoms with Crippen molar-refractivity contribution in [3.05, 3.63) is 77.0 Å². The van der Waals surface area contributed by atoms with Crippen molar-refractivity contribution in [2.75, 3.05) is 18.4 Å². The van der Waals surface area contributed by atoms with E-state index in [-0.39, 0.29) is 12.0 Å². The summed E-state index contributed by atoms with van der Waals surface area (Å²) in [6, 6.07) is 17.3. The lowest BCUT2D eigenvalue weighted by Crippen LogP contribution is -2.35. The number of amides is 1. The maximum Gasteiger partial charge on any atom is 0.248 e. The number of likely N-dealkylation sites (tertiary alicyclic amines) is 1. The minimum Gasteiger partial charge on any atom is -0.393 e. The van der Waals surface area contributed by atoms with Gasteiger partial charge in [-0.1, -0.05) is 35.9 Å². The summed E-state index contributed by atoms with van der Waals surface area (Å²) in [6.45, 7) is 2.60. The lowest BCUT2D eigenvalue weighted by atomic mass is 10.1. The number of aliphatic hydroxyl groups is 1. The Morgan fingerprint density at radius 3 is 2.80 bits per heavy atom. The van der Waals surface area contributed by atoms with Gasteiger partial charge in [0.25, 0.3) is 0 Å². The van der Waals surface area contributed by atoms with E-state index in [0.717, 1.165) is 54.6 Å². The third-order valence-electron chi connectivity index (χ3n) is 5.24. The van der Waals surface area contributed by atoms with E-state index >= 15 is 0 Å². The van der Waals surface area contributed by atoms with E-state index in [1.165, 1.54) is 6.08 Å². The molecule has 0 saturated carbocycles. The number of anilines is 1. The number of nitrogens with zero attached hydrogens (tertiary/aromatic N) is 2. The van der Waals surface area contributed by atoms with E-state index in [1.54, 1.807) is 6.08 Å². The van der Waals surface area contributed by atoms with Crippen LogP contribution in [0.4, 0.5) is 5.69 Å². The molecule has 0 aliphatic carbocycles. The predicted molar refractivity (Wildman–Crippen MR) is 121 cm³/mol. The number of pyridine rings is 1. The molecule has 1 aromatic heterocycles. The van der Waals surface area contributed by atoms with E-state index in [1.807, 2.05) is 48.5 Å². The number of halogens is 1. The van der Waals surface area contributed by atoms with Gasteiger partial charge in [0, 0.05) is 41.8 Å². The molecule has 3 aromatic rings. The SMILES string of the molecule is O=C(/C=C/c1ccc2ccc(Cl)cc2n1)Nc1cccc(CN2CCC(O)CC2)c1. The zero-order chi connectivity index (χ0) is 20.9. The zero-order valence-electron chi connectivity index (χ0n) is 16.6. The van der Waals surface area contributed by atoms with Crippen LogP contribution in [-0.2, 0) is 11.3 Å². The lowest BCUT2D eigenvalue weighted by Gasteiger charge is -2.29. The van der Waals surface area contributed by atoms with Gasteiger partial charge in [0.05, 0.1) is 17.3 Å². The van der Waals surface area contributed by atoms with Gasteiger partial charge in [-0.2, -0.15) is 0 Å². The number of carbonyl (C=O) groups is 1. The molecule has 0 radical (unpaired) electrons. The van der Waals surface area contributed by atoms with Crippen LogP contribution in [-0.4, -0.2) is 40.1 Å². The highest BCUT2D eigenvalue weighted by atomic mass is 35.5. The van der Waals surface area contributed by atoms with Crippen molar-refractivity contribution in [2.45, 2.75) is 25.5 Å². The number of fused-ring (bicyclic) bond motifs is 1. The van der Waals surface area contributed by atoms with Crippen LogP contribution < -0.4 is 5.32 Å². The van der Waals surface area contributed by atoms with Gasteiger partial charge in [0.1, 0.15) is 0 Å². The maximum atomic E-state index is 12.4. The fourth-order valence-electron chi connectivity index (χ4n) is 3.63. The second-order valence-corrected chi connectivity index (χ2v) is 8.04. The van der Waals surface area contributed by atoms with Gasteiger partial charge >= 0.3 is 0 Å². The van der Waals surface area contributed by atoms with E-state index < -0.39 is 0 Å². The molecule has 4 rings (SSSR count). The summed E-state index contributed by atoms with van der Waals surface area (Å²) in [4.78, 5) is 19.2. The summed E-state index contributed by atoms with van der Waals surface area (Å²) in [5.41, 5.74) is 3.39. The van der Waals surface area contributed by atoms with Gasteiger partial charge in [0.2, 0.25) is 5.91 Å². The van der Waals surface area contributed by atoms with Gasteiger partial charge in [-0.25, -0.2) is 4.98 Å². The van der Waals surface area contributed by atoms with Crippen molar-refractivity contribution in [3.63, 3.8) is 0 Å². The highest BCUT2D eigenvalue weighted by Crippen LogP contribution is 2.19. The number of aliphatic hydroxyl groups excluding tert-OH is 1. The quantitative estimate of drug-likeness (QED) is 0.595. The Hall–Kier alpha value is -2.73. The van der Waals surface area contributed by atoms with Gasteiger partial charge in [-0.3, -0.25) is 9.69 Å². The third-order valence-corrected chi connectivity index (χ3v) is 5.47. The van der Waals surface area contributed by atoms with Crippen LogP contribution in [0, 0.1) is 0 Å². The normalized spacial score (nSPS) is 15.7. The monoisotopic (exact) mass is 421 g/mol. The number of nitrogens with one attached hydrogen (secondary N) is 1. The highest BCUT2D eigenvalue weighted by Gasteiger charge is 2.16. The summed E-state index contributed by atoms with van der Waals surface area (Å²) in [5.74, 6) is -0.207. The Morgan fingerprint density at radius 2 is 1.97 bits per heavy atom. The first-order chi connectivity index (χ1) is 14.5. The van der Waals surface area contributed by atoms with Crippen LogP contribution in [0.5, 0.6) is 0 Å². The molecule has 5 nitrogen and oxygen atoms in total. The maximum absolute atomic E-state index is 12.4. The molecule has 1 aliphatic heterocycles. The molecule has 30 heavy (non-hydrogen) atoms. The number of piperidine rings is 1. The first-order valence-electron chi connectivity index (χ1n) is 10.1. The van der Waals surface area contributed by atoms with E-state index in [2.05, 4.69) is 21.3 Å². The first-order valence-corrected chi connectivity index (χ1v) is 10.5. The Labute approximate surface area is 181 Å². The van der Waals surface area contributed by atoms with Crippen LogP contribution in [0.1, 0.15) is 24.1 Å². The molecule has 1 aliphatic rings. The van der Waals surface area contributed by atoms with Crippen molar-refractivity contribution in [2.24, 2.45) is 0 Å². The van der Waals surface area contributed by atoms with Crippen LogP contribution >= 0.6 is 11.6 Å². The number of carbonyl (C=O) groups excluding carboxylic acids is 1. The molecule has 0 spiro atoms. The van der Waals surface area contributed by atoms with Crippen molar-refractivity contribution < 1.29 is 9.90 Å². The molecule has 2 heterocycles. The second kappa shape index (κ2) is 9.39. The van der Waals surface area contributed by atoms with Gasteiger partial charge < -0.3 is 10.4 Å². The molecule has 0 bridgehead atoms. The van der Waals surface area contributed by atoms with E-state index in [4.69, 9.17) is 11.6 Å². The minimum atomic E-state index is -0.207. The lowest BCUT2D eigenvalue weighted by molar-refractivity contribution is -0.111. The molecular formula is C24H24ClN3O2. The Bertz CT molecular complexity index is 1070. The highest BCUT2D eigenvalue weighted by molar-refractivity contribution is 6.31. The van der Waals surface area contributed by atoms with Crippen LogP contribution in [0.25, 0.3) is 17.0 Å². The standard InChI is InChI=1S/C24H24ClN3O2/c25-19-6-4-18-5-7-20(26-23(18)15-19)8-9-24(30)27-21-3-1-2-17(14-21)16-28-12-10-22(29)11-13-28/h1-9,14-15,22,29H,10-13,16H2,(H,27,30)/b9-8+. The van der Waals surface area contributed by atoms with Crippen LogP contribution in [0.2, 0.25) is 5.02 Å². The summed E-state index contributed by atoms with van der Waals surface area (Å²) in [6.07, 6.45) is 4.63. The molecule has 2 N–H and O–H groups in total. The average molecular weight is 422 g/mol. The molecule has 1 fully saturated rings. The number of aromatic nitrogens is 1. The zero-order valence-corrected chi connectivity index (χ0v) is 17.3. The number of hydrogen-bond acceptors (Lipinski definition) is 4. The van der Waals surface area contributed by atoms with E-state index in [9.17, 15) is 9.90 Å². The molecule has 0 atom stereocenters. The molecule has 2 aromatic carbocycles. The number of rotatable bonds is 5. The molecule has 1 amide bonds. The Morgan fingerprint density at radius 1 is 1.17 bits per heavy atom. The summed E-state index contributed by atoms with van der Waals surface area (Å²) >= 11 is 6.03. The third kappa shape index (κ3) is 5.45. The molecule has 0 unspecified atom stereocenters. The van der Waals surface area contributed by atoms with Crippen LogP contribution in [0.15, 0.2) is 60.7 Å². The topological polar surface area (TPSA) is 65.5 Å². The van der Waals surface area contributed by atoms with Crippen LogP contribution in [0.3, 0.4) is 0 Å². The van der Waals surface area contributed by atoms with E-state index in [0.29, 0.717) is 10.7 Å². The minimum absolute atomic E-state index is 0.173. The smallest absolute Gasteiger partial charge is 0.248 e. The van der Waals surface area contributed by atoms with Crippen molar-refractivity contribution in [1.82, 2.24) is 9.88 Å². The fourth-order valence-corrected chi connectivity index (χ4v) is 3.79. The number of benzene rings is 2. The summed E-state index contributed by atoms with van der Waals surface area (Å²) in [7, 11) is 0. The molecular weight excluding hydrogens is 398 g/mol. The van der Waals surface area contributed by atoms with Crippen molar-refractivity contribution in [3.8, 4) is 0 Å².